The number of pyridine rings is 2. The van der Waals surface area contributed by atoms with Gasteiger partial charge in [-0.1, -0.05) is 25.0 Å². The Balaban J connectivity index is 0.808. The second-order valence-corrected chi connectivity index (χ2v) is 15.4. The zero-order chi connectivity index (χ0) is 38.1. The molecule has 1 aliphatic carbocycles. The van der Waals surface area contributed by atoms with Crippen molar-refractivity contribution in [2.75, 3.05) is 80.6 Å². The Morgan fingerprint density at radius 2 is 1.44 bits per heavy atom. The molecule has 55 heavy (non-hydrogen) atoms. The minimum atomic E-state index is -0.260. The van der Waals surface area contributed by atoms with Crippen LogP contribution in [0.25, 0.3) is 11.0 Å². The van der Waals surface area contributed by atoms with Crippen LogP contribution in [-0.2, 0) is 9.59 Å². The molecule has 3 aromatic heterocycles. The summed E-state index contributed by atoms with van der Waals surface area (Å²) >= 11 is 0. The second kappa shape index (κ2) is 15.9. The first-order valence-corrected chi connectivity index (χ1v) is 19.8. The number of hydrogen-bond acceptors (Lipinski definition) is 12. The van der Waals surface area contributed by atoms with Crippen molar-refractivity contribution in [3.05, 3.63) is 75.8 Å². The molecule has 4 fully saturated rings. The molecule has 288 valence electrons. The Morgan fingerprint density at radius 3 is 2.04 bits per heavy atom. The topological polar surface area (TPSA) is 149 Å². The molecule has 0 radical (unpaired) electrons. The van der Waals surface area contributed by atoms with E-state index in [-0.39, 0.29) is 40.7 Å². The Bertz CT molecular complexity index is 2110. The monoisotopic (exact) mass is 746 g/mol. The first-order chi connectivity index (χ1) is 26.7. The van der Waals surface area contributed by atoms with E-state index in [0.717, 1.165) is 108 Å². The predicted octanol–water partition coefficient (Wildman–Crippen LogP) is 4.02. The van der Waals surface area contributed by atoms with Crippen LogP contribution in [0.2, 0.25) is 0 Å². The Morgan fingerprint density at radius 1 is 0.800 bits per heavy atom. The van der Waals surface area contributed by atoms with Crippen molar-refractivity contribution in [2.24, 2.45) is 0 Å². The molecule has 0 unspecified atom stereocenters. The van der Waals surface area contributed by atoms with Crippen LogP contribution in [0.15, 0.2) is 53.6 Å². The molecule has 14 nitrogen and oxygen atoms in total. The van der Waals surface area contributed by atoms with Gasteiger partial charge in [0, 0.05) is 95.2 Å². The zero-order valence-corrected chi connectivity index (χ0v) is 31.8. The molecule has 14 heteroatoms. The third-order valence-electron chi connectivity index (χ3n) is 12.0. The molecule has 3 aliphatic heterocycles. The molecule has 1 aromatic carbocycles. The third-order valence-corrected chi connectivity index (χ3v) is 12.0. The van der Waals surface area contributed by atoms with E-state index in [1.165, 1.54) is 12.6 Å². The Kier molecular flexibility index (Phi) is 10.6. The van der Waals surface area contributed by atoms with Gasteiger partial charge < -0.3 is 15.1 Å². The molecule has 2 N–H and O–H groups in total. The summed E-state index contributed by atoms with van der Waals surface area (Å²) in [6, 6.07) is 12.3. The van der Waals surface area contributed by atoms with Gasteiger partial charge in [-0.2, -0.15) is 4.98 Å². The molecule has 1 atom stereocenters. The largest absolute Gasteiger partial charge is 0.369 e. The summed E-state index contributed by atoms with van der Waals surface area (Å²) < 4.78 is 1.73. The number of nitrogens with zero attached hydrogens (tertiary/aromatic N) is 8. The number of amides is 2. The van der Waals surface area contributed by atoms with Crippen LogP contribution in [-0.4, -0.2) is 112 Å². The highest BCUT2D eigenvalue weighted by molar-refractivity contribution is 6.01. The average molecular weight is 747 g/mol. The maximum Gasteiger partial charge on any atom is 0.263 e. The third kappa shape index (κ3) is 7.83. The summed E-state index contributed by atoms with van der Waals surface area (Å²) in [5.74, 6) is 0.138. The van der Waals surface area contributed by atoms with E-state index >= 15 is 0 Å². The maximum atomic E-state index is 13.6. The summed E-state index contributed by atoms with van der Waals surface area (Å²) in [6.07, 6.45) is 8.46. The smallest absolute Gasteiger partial charge is 0.263 e. The summed E-state index contributed by atoms with van der Waals surface area (Å²) in [5, 5.41) is 6.41. The van der Waals surface area contributed by atoms with E-state index in [1.807, 2.05) is 24.4 Å². The highest BCUT2D eigenvalue weighted by atomic mass is 16.2. The number of carbonyl (C=O) groups is 3. The summed E-state index contributed by atoms with van der Waals surface area (Å²) in [4.78, 5) is 73.7. The van der Waals surface area contributed by atoms with Crippen LogP contribution in [0, 0.1) is 6.92 Å². The second-order valence-electron chi connectivity index (χ2n) is 15.4. The number of imide groups is 1. The normalized spacial score (nSPS) is 20.3. The molecule has 4 aromatic rings. The number of Topliss-reactive ketones (excluding diaryl/α,β-unsaturated/α-hetero) is 1. The number of rotatable bonds is 10. The lowest BCUT2D eigenvalue weighted by Gasteiger charge is -2.39. The number of benzene rings is 1. The number of carbonyl (C=O) groups excluding carboxylic acids is 3. The fraction of sp³-hybridized carbons (Fsp3) is 0.488. The van der Waals surface area contributed by atoms with Gasteiger partial charge in [0.05, 0.1) is 23.4 Å². The minimum absolute atomic E-state index is 0.0247. The Hall–Kier alpha value is -5.21. The quantitative estimate of drug-likeness (QED) is 0.178. The van der Waals surface area contributed by atoms with E-state index in [1.54, 1.807) is 17.7 Å². The number of aryl methyl sites for hydroxylation is 1. The van der Waals surface area contributed by atoms with Gasteiger partial charge in [-0.15, -0.1) is 0 Å². The lowest BCUT2D eigenvalue weighted by Crippen LogP contribution is -2.51. The molecule has 2 amide bonds. The van der Waals surface area contributed by atoms with Gasteiger partial charge in [0.1, 0.15) is 11.5 Å². The number of aromatic nitrogens is 4. The van der Waals surface area contributed by atoms with Crippen LogP contribution < -0.4 is 26.0 Å². The van der Waals surface area contributed by atoms with Gasteiger partial charge >= 0.3 is 0 Å². The minimum Gasteiger partial charge on any atom is -0.369 e. The molecular formula is C41H50N10O4. The number of ketones is 1. The van der Waals surface area contributed by atoms with Crippen molar-refractivity contribution in [3.63, 3.8) is 0 Å². The molecule has 8 rings (SSSR count). The van der Waals surface area contributed by atoms with E-state index in [9.17, 15) is 19.2 Å². The van der Waals surface area contributed by atoms with Gasteiger partial charge in [-0.25, -0.2) is 9.97 Å². The summed E-state index contributed by atoms with van der Waals surface area (Å²) in [7, 11) is 0. The number of fused-ring (bicyclic) bond motifs is 1. The lowest BCUT2D eigenvalue weighted by molar-refractivity contribution is -0.134. The molecule has 4 aliphatic rings. The van der Waals surface area contributed by atoms with Gasteiger partial charge in [-0.3, -0.25) is 38.9 Å². The van der Waals surface area contributed by atoms with E-state index in [0.29, 0.717) is 35.8 Å². The van der Waals surface area contributed by atoms with E-state index in [2.05, 4.69) is 58.4 Å². The van der Waals surface area contributed by atoms with Crippen molar-refractivity contribution in [3.8, 4) is 0 Å². The number of nitrogens with one attached hydrogen (secondary N) is 2. The number of piperidine rings is 1. The molecule has 3 saturated heterocycles. The predicted molar refractivity (Wildman–Crippen MR) is 212 cm³/mol. The van der Waals surface area contributed by atoms with Gasteiger partial charge in [0.2, 0.25) is 17.8 Å². The summed E-state index contributed by atoms with van der Waals surface area (Å²) in [6.45, 7) is 13.2. The van der Waals surface area contributed by atoms with Crippen LogP contribution >= 0.6 is 0 Å². The highest BCUT2D eigenvalue weighted by Crippen LogP contribution is 2.32. The fourth-order valence-corrected chi connectivity index (χ4v) is 8.74. The molecular weight excluding hydrogens is 697 g/mol. The fourth-order valence-electron chi connectivity index (χ4n) is 8.74. The van der Waals surface area contributed by atoms with Crippen LogP contribution in [0.3, 0.4) is 0 Å². The lowest BCUT2D eigenvalue weighted by atomic mass is 9.90. The van der Waals surface area contributed by atoms with Crippen LogP contribution in [0.1, 0.15) is 78.9 Å². The van der Waals surface area contributed by atoms with Crippen molar-refractivity contribution in [1.82, 2.24) is 34.6 Å². The van der Waals surface area contributed by atoms with Gasteiger partial charge in [0.25, 0.3) is 5.56 Å². The SMILES string of the molecule is CC(=O)c1c(C)c2cnc(Nc3ccc(N4CCN(CCN5CCN(c6ccc([C@H]7CCC(=O)NC7=O)cc6)CC5)CC4)cn3)nc2n(C2CCCC2)c1=O. The first-order valence-electron chi connectivity index (χ1n) is 19.8. The van der Waals surface area contributed by atoms with Crippen LogP contribution in [0.5, 0.6) is 0 Å². The number of hydrogen-bond donors (Lipinski definition) is 2. The van der Waals surface area contributed by atoms with E-state index in [4.69, 9.17) is 4.98 Å². The maximum absolute atomic E-state index is 13.6. The van der Waals surface area contributed by atoms with Crippen molar-refractivity contribution in [1.29, 1.82) is 0 Å². The molecule has 0 spiro atoms. The number of anilines is 4. The Labute approximate surface area is 320 Å². The molecule has 0 bridgehead atoms. The zero-order valence-electron chi connectivity index (χ0n) is 31.8. The highest BCUT2D eigenvalue weighted by Gasteiger charge is 2.29. The first kappa shape index (κ1) is 36.8. The van der Waals surface area contributed by atoms with Crippen molar-refractivity contribution in [2.45, 2.75) is 64.3 Å². The van der Waals surface area contributed by atoms with Gasteiger partial charge in [0.15, 0.2) is 5.78 Å². The standard InChI is InChI=1S/C41H50N10O4/c1-27-34-26-43-41(46-38(34)51(31-5-3-4-6-31)40(55)37(27)28(2)52)44-35-13-11-32(25-42-35)50-23-19-48(20-24-50)16-15-47-17-21-49(22-18-47)30-9-7-29(8-10-30)33-12-14-36(53)45-39(33)54/h7-11,13,25-26,31,33H,3-6,12,14-24H2,1-2H3,(H,45,53,54)(H,42,43,44,46)/t33-/m1/s1. The average Bonchev–Trinajstić information content (AvgIpc) is 3.73. The number of piperazine rings is 2. The van der Waals surface area contributed by atoms with Crippen molar-refractivity contribution >= 4 is 51.8 Å². The van der Waals surface area contributed by atoms with Gasteiger partial charge in [-0.05, 0) is 68.5 Å². The molecule has 6 heterocycles. The van der Waals surface area contributed by atoms with E-state index < -0.39 is 0 Å². The van der Waals surface area contributed by atoms with Crippen molar-refractivity contribution < 1.29 is 14.4 Å². The summed E-state index contributed by atoms with van der Waals surface area (Å²) in [5.41, 5.74) is 4.38. The molecule has 1 saturated carbocycles. The van der Waals surface area contributed by atoms with Crippen LogP contribution in [0.4, 0.5) is 23.1 Å².